The van der Waals surface area contributed by atoms with Crippen LogP contribution in [0.5, 0.6) is 0 Å². The first kappa shape index (κ1) is 17.0. The van der Waals surface area contributed by atoms with Gasteiger partial charge in [0, 0.05) is 38.2 Å². The standard InChI is InChI=1S/Ni.O.Sb.Ti.H. The third-order valence-corrected chi connectivity index (χ3v) is 0. The zero-order chi connectivity index (χ0) is 2.00. The third-order valence-electron chi connectivity index (χ3n) is 0. The molecule has 0 rings (SSSR count). The molecule has 0 saturated heterocycles. The topological polar surface area (TPSA) is 17.1 Å². The van der Waals surface area contributed by atoms with Crippen LogP contribution in [0, 0.1) is 0 Å². The normalized spacial score (nSPS) is 1.00. The van der Waals surface area contributed by atoms with Crippen molar-refractivity contribution < 1.29 is 41.2 Å². The van der Waals surface area contributed by atoms with Gasteiger partial charge in [-0.25, -0.2) is 0 Å². The van der Waals surface area contributed by atoms with Gasteiger partial charge >= 0.3 is 26.0 Å². The predicted molar refractivity (Wildman–Crippen MR) is 7.84 cm³/mol. The van der Waals surface area contributed by atoms with Crippen molar-refractivity contribution >= 4 is 23.0 Å². The van der Waals surface area contributed by atoms with Crippen molar-refractivity contribution in [3.8, 4) is 0 Å². The van der Waals surface area contributed by atoms with Crippen molar-refractivity contribution in [3.05, 3.63) is 0 Å². The molecule has 0 amide bonds. The number of rotatable bonds is 0. The Morgan fingerprint density at radius 3 is 1.25 bits per heavy atom. The summed E-state index contributed by atoms with van der Waals surface area (Å²) in [7, 11) is 0. The van der Waals surface area contributed by atoms with Crippen LogP contribution in [0.25, 0.3) is 0 Å². The minimum Gasteiger partial charge on any atom is 0 e. The van der Waals surface area contributed by atoms with Crippen molar-refractivity contribution in [1.29, 1.82) is 0 Å². The molecule has 0 heterocycles. The summed E-state index contributed by atoms with van der Waals surface area (Å²) in [5, 5.41) is 0. The fourth-order valence-corrected chi connectivity index (χ4v) is 0. The molecule has 0 spiro atoms. The molecule has 1 nitrogen and oxygen atoms in total. The molecule has 0 saturated carbocycles. The fraction of sp³-hybridized carbons (Fsp3) is 0. The summed E-state index contributed by atoms with van der Waals surface area (Å²) in [6.45, 7) is 0. The van der Waals surface area contributed by atoms with Gasteiger partial charge < -0.3 is 0 Å². The molecule has 26 valence electrons. The van der Waals surface area contributed by atoms with E-state index in [-0.39, 0.29) is 38.2 Å². The minimum absolute atomic E-state index is 0. The van der Waals surface area contributed by atoms with E-state index in [9.17, 15) is 0 Å². The summed E-state index contributed by atoms with van der Waals surface area (Å²) in [6, 6.07) is 0. The van der Waals surface area contributed by atoms with Crippen LogP contribution >= 0.6 is 0 Å². The SMILES string of the molecule is [Ni].[O]=[SbH].[Ti]. The molecule has 0 unspecified atom stereocenters. The molecule has 0 N–H and O–H groups in total. The molecular formula is HNiOSbTi. The quantitative estimate of drug-likeness (QED) is 0.512. The molecule has 4 heteroatoms. The van der Waals surface area contributed by atoms with Gasteiger partial charge in [0.1, 0.15) is 0 Å². The molecule has 0 aliphatic rings. The van der Waals surface area contributed by atoms with E-state index in [2.05, 4.69) is 0 Å². The van der Waals surface area contributed by atoms with Crippen LogP contribution in [0.2, 0.25) is 0 Å². The van der Waals surface area contributed by atoms with Crippen LogP contribution in [-0.2, 0) is 41.2 Å². The van der Waals surface area contributed by atoms with Crippen molar-refractivity contribution in [3.63, 3.8) is 0 Å². The minimum atomic E-state index is 0. The summed E-state index contributed by atoms with van der Waals surface area (Å²) in [5.41, 5.74) is 0. The second-order valence-electron chi connectivity index (χ2n) is 0. The second kappa shape index (κ2) is 21.2. The fourth-order valence-electron chi connectivity index (χ4n) is 0. The van der Waals surface area contributed by atoms with Crippen molar-refractivity contribution in [2.75, 3.05) is 0 Å². The van der Waals surface area contributed by atoms with Gasteiger partial charge in [0.05, 0.1) is 0 Å². The van der Waals surface area contributed by atoms with Gasteiger partial charge in [-0.2, -0.15) is 0 Å². The summed E-state index contributed by atoms with van der Waals surface area (Å²) < 4.78 is 8.34. The third kappa shape index (κ3) is 9.16. The molecular weight excluding hydrogens is 244 g/mol. The summed E-state index contributed by atoms with van der Waals surface area (Å²) in [4.78, 5) is 0. The maximum atomic E-state index is 8.34. The van der Waals surface area contributed by atoms with Gasteiger partial charge in [0.25, 0.3) is 0 Å². The van der Waals surface area contributed by atoms with Gasteiger partial charge in [-0.15, -0.1) is 0 Å². The average Bonchev–Trinajstić information content (AvgIpc) is 1.00. The van der Waals surface area contributed by atoms with E-state index in [1.54, 1.807) is 0 Å². The van der Waals surface area contributed by atoms with Gasteiger partial charge in [0.15, 0.2) is 0 Å². The van der Waals surface area contributed by atoms with E-state index in [1.165, 1.54) is 0 Å². The van der Waals surface area contributed by atoms with Crippen LogP contribution in [0.15, 0.2) is 0 Å². The number of hydrogen-bond acceptors (Lipinski definition) is 1. The molecule has 0 bridgehead atoms. The maximum Gasteiger partial charge on any atom is 0 e. The molecule has 0 aliphatic heterocycles. The zero-order valence-corrected chi connectivity index (χ0v) is 7.13. The Morgan fingerprint density at radius 1 is 1.25 bits per heavy atom. The first-order chi connectivity index (χ1) is 1.00. The Labute approximate surface area is 63.6 Å². The van der Waals surface area contributed by atoms with Crippen LogP contribution in [0.4, 0.5) is 0 Å². The first-order valence-corrected chi connectivity index (χ1v) is 1.37. The monoisotopic (exact) mass is 244 g/mol. The van der Waals surface area contributed by atoms with E-state index in [0.717, 1.165) is 0 Å². The van der Waals surface area contributed by atoms with E-state index >= 15 is 0 Å². The van der Waals surface area contributed by atoms with Gasteiger partial charge in [-0.3, -0.25) is 0 Å². The van der Waals surface area contributed by atoms with Gasteiger partial charge in [-0.1, -0.05) is 0 Å². The summed E-state index contributed by atoms with van der Waals surface area (Å²) in [6.07, 6.45) is 0. The van der Waals surface area contributed by atoms with Crippen LogP contribution < -0.4 is 0 Å². The Balaban J connectivity index is -0.00000000500. The zero-order valence-electron chi connectivity index (χ0n) is 1.72. The molecule has 0 aliphatic carbocycles. The van der Waals surface area contributed by atoms with Gasteiger partial charge in [-0.05, 0) is 0 Å². The van der Waals surface area contributed by atoms with Crippen LogP contribution in [-0.4, -0.2) is 23.0 Å². The Kier molecular flexibility index (Phi) is 90.0. The maximum absolute atomic E-state index is 8.34. The second-order valence-corrected chi connectivity index (χ2v) is 0. The first-order valence-electron chi connectivity index (χ1n) is 0.204. The number of hydrogen-bond donors (Lipinski definition) is 0. The van der Waals surface area contributed by atoms with E-state index in [4.69, 9.17) is 3.02 Å². The molecule has 0 fully saturated rings. The smallest absolute Gasteiger partial charge is 0 e. The van der Waals surface area contributed by atoms with E-state index in [0.29, 0.717) is 23.0 Å². The van der Waals surface area contributed by atoms with Crippen molar-refractivity contribution in [2.24, 2.45) is 0 Å². The van der Waals surface area contributed by atoms with Crippen LogP contribution in [0.3, 0.4) is 0 Å². The summed E-state index contributed by atoms with van der Waals surface area (Å²) in [5.74, 6) is 0. The molecule has 0 aromatic carbocycles. The van der Waals surface area contributed by atoms with Crippen LogP contribution in [0.1, 0.15) is 0 Å². The molecule has 0 radical (unpaired) electrons. The van der Waals surface area contributed by atoms with Gasteiger partial charge in [0.2, 0.25) is 0 Å². The van der Waals surface area contributed by atoms with Crippen molar-refractivity contribution in [2.45, 2.75) is 0 Å². The average molecular weight is 245 g/mol. The Hall–Kier alpha value is 1.83. The largest absolute Gasteiger partial charge is 0 e. The molecule has 0 atom stereocenters. The Morgan fingerprint density at radius 2 is 1.25 bits per heavy atom. The predicted octanol–water partition coefficient (Wildman–Crippen LogP) is -0.772. The van der Waals surface area contributed by atoms with Crippen molar-refractivity contribution in [1.82, 2.24) is 0 Å². The molecule has 4 heavy (non-hydrogen) atoms. The molecule has 0 aromatic heterocycles. The molecule has 0 aromatic rings. The van der Waals surface area contributed by atoms with E-state index in [1.807, 2.05) is 0 Å². The summed E-state index contributed by atoms with van der Waals surface area (Å²) >= 11 is 0.300. The van der Waals surface area contributed by atoms with E-state index < -0.39 is 0 Å². The Bertz CT molecular complexity index is 8.00.